The zero-order valence-electron chi connectivity index (χ0n) is 9.54. The van der Waals surface area contributed by atoms with E-state index in [0.29, 0.717) is 5.92 Å². The Hall–Kier alpha value is -0.790. The van der Waals surface area contributed by atoms with Crippen LogP contribution >= 0.6 is 0 Å². The molecule has 0 amide bonds. The van der Waals surface area contributed by atoms with E-state index in [2.05, 4.69) is 27.7 Å². The van der Waals surface area contributed by atoms with Crippen LogP contribution in [-0.4, -0.2) is 12.1 Å². The summed E-state index contributed by atoms with van der Waals surface area (Å²) in [6.45, 7) is 8.88. The molecule has 1 rings (SSSR count). The van der Waals surface area contributed by atoms with Crippen LogP contribution in [0.1, 0.15) is 40.5 Å². The molecule has 0 bridgehead atoms. The smallest absolute Gasteiger partial charge is 0.330 e. The number of hydrogen-bond acceptors (Lipinski definition) is 2. The van der Waals surface area contributed by atoms with Crippen LogP contribution in [0.5, 0.6) is 0 Å². The van der Waals surface area contributed by atoms with Crippen molar-refractivity contribution in [3.05, 3.63) is 12.2 Å². The highest BCUT2D eigenvalue weighted by Gasteiger charge is 2.25. The molecule has 2 atom stereocenters. The summed E-state index contributed by atoms with van der Waals surface area (Å²) >= 11 is 0. The molecule has 0 aromatic rings. The summed E-state index contributed by atoms with van der Waals surface area (Å²) in [6.07, 6.45) is 5.33. The van der Waals surface area contributed by atoms with Gasteiger partial charge in [-0.05, 0) is 17.8 Å². The maximum Gasteiger partial charge on any atom is 0.330 e. The summed E-state index contributed by atoms with van der Waals surface area (Å²) in [5.74, 6) is 0.370. The molecule has 1 aliphatic rings. The molecular formula is C12H20O2. The van der Waals surface area contributed by atoms with Crippen LogP contribution < -0.4 is 0 Å². The monoisotopic (exact) mass is 196 g/mol. The molecule has 2 heteroatoms. The minimum atomic E-state index is -0.192. The van der Waals surface area contributed by atoms with Crippen molar-refractivity contribution in [3.63, 3.8) is 0 Å². The first kappa shape index (κ1) is 11.3. The van der Waals surface area contributed by atoms with Gasteiger partial charge in [0.1, 0.15) is 6.10 Å². The summed E-state index contributed by atoms with van der Waals surface area (Å²) in [6, 6.07) is 0. The van der Waals surface area contributed by atoms with Gasteiger partial charge in [0.2, 0.25) is 0 Å². The van der Waals surface area contributed by atoms with E-state index in [1.54, 1.807) is 0 Å². The molecule has 0 saturated heterocycles. The van der Waals surface area contributed by atoms with E-state index in [0.717, 1.165) is 12.8 Å². The molecule has 0 fully saturated rings. The molecular weight excluding hydrogens is 176 g/mol. The molecule has 1 heterocycles. The third kappa shape index (κ3) is 3.17. The highest BCUT2D eigenvalue weighted by molar-refractivity contribution is 5.82. The Balaban J connectivity index is 2.45. The number of carbonyl (C=O) groups excluding carboxylic acids is 1. The molecule has 0 aromatic heterocycles. The van der Waals surface area contributed by atoms with Gasteiger partial charge in [0, 0.05) is 12.5 Å². The predicted octanol–water partition coefficient (Wildman–Crippen LogP) is 2.93. The second-order valence-electron chi connectivity index (χ2n) is 5.20. The summed E-state index contributed by atoms with van der Waals surface area (Å²) in [5, 5.41) is 0. The average Bonchev–Trinajstić information content (AvgIpc) is 2.02. The lowest BCUT2D eigenvalue weighted by Gasteiger charge is -2.30. The van der Waals surface area contributed by atoms with Gasteiger partial charge in [0.15, 0.2) is 0 Å². The fourth-order valence-electron chi connectivity index (χ4n) is 1.46. The van der Waals surface area contributed by atoms with E-state index in [4.69, 9.17) is 4.74 Å². The van der Waals surface area contributed by atoms with Gasteiger partial charge in [0.25, 0.3) is 0 Å². The maximum atomic E-state index is 11.0. The van der Waals surface area contributed by atoms with E-state index in [-0.39, 0.29) is 17.5 Å². The van der Waals surface area contributed by atoms with Gasteiger partial charge in [-0.2, -0.15) is 0 Å². The van der Waals surface area contributed by atoms with Gasteiger partial charge in [-0.3, -0.25) is 0 Å². The van der Waals surface area contributed by atoms with Crippen LogP contribution in [0, 0.1) is 11.3 Å². The molecule has 0 N–H and O–H groups in total. The van der Waals surface area contributed by atoms with Crippen molar-refractivity contribution in [1.82, 2.24) is 0 Å². The number of ether oxygens (including phenoxy) is 1. The average molecular weight is 196 g/mol. The van der Waals surface area contributed by atoms with Crippen molar-refractivity contribution in [2.75, 3.05) is 0 Å². The Morgan fingerprint density at radius 3 is 2.71 bits per heavy atom. The molecule has 1 aliphatic heterocycles. The fourth-order valence-corrected chi connectivity index (χ4v) is 1.46. The van der Waals surface area contributed by atoms with E-state index < -0.39 is 0 Å². The summed E-state index contributed by atoms with van der Waals surface area (Å²) < 4.78 is 5.23. The SMILES string of the molecule is CC(CC1CC=CC(=O)O1)C(C)(C)C. The van der Waals surface area contributed by atoms with Gasteiger partial charge in [0.05, 0.1) is 0 Å². The van der Waals surface area contributed by atoms with E-state index >= 15 is 0 Å². The lowest BCUT2D eigenvalue weighted by molar-refractivity contribution is -0.145. The van der Waals surface area contributed by atoms with E-state index in [9.17, 15) is 4.79 Å². The zero-order chi connectivity index (χ0) is 10.8. The second-order valence-corrected chi connectivity index (χ2v) is 5.20. The molecule has 80 valence electrons. The van der Waals surface area contributed by atoms with Crippen LogP contribution in [0.4, 0.5) is 0 Å². The highest BCUT2D eigenvalue weighted by Crippen LogP contribution is 2.31. The zero-order valence-corrected chi connectivity index (χ0v) is 9.54. The largest absolute Gasteiger partial charge is 0.459 e. The number of rotatable bonds is 2. The molecule has 14 heavy (non-hydrogen) atoms. The van der Waals surface area contributed by atoms with Crippen LogP contribution in [0.15, 0.2) is 12.2 Å². The predicted molar refractivity (Wildman–Crippen MR) is 56.9 cm³/mol. The lowest BCUT2D eigenvalue weighted by atomic mass is 9.78. The van der Waals surface area contributed by atoms with Crippen LogP contribution in [0.2, 0.25) is 0 Å². The lowest BCUT2D eigenvalue weighted by Crippen LogP contribution is -2.27. The molecule has 2 nitrogen and oxygen atoms in total. The van der Waals surface area contributed by atoms with Crippen molar-refractivity contribution in [2.45, 2.75) is 46.6 Å². The Kier molecular flexibility index (Phi) is 3.35. The first-order valence-electron chi connectivity index (χ1n) is 5.26. The van der Waals surface area contributed by atoms with Crippen molar-refractivity contribution in [1.29, 1.82) is 0 Å². The third-order valence-electron chi connectivity index (χ3n) is 3.03. The Bertz CT molecular complexity index is 235. The molecule has 0 aliphatic carbocycles. The van der Waals surface area contributed by atoms with Gasteiger partial charge >= 0.3 is 5.97 Å². The van der Waals surface area contributed by atoms with Crippen LogP contribution in [0.3, 0.4) is 0 Å². The summed E-state index contributed by atoms with van der Waals surface area (Å²) in [4.78, 5) is 11.0. The van der Waals surface area contributed by atoms with Crippen molar-refractivity contribution in [2.24, 2.45) is 11.3 Å². The van der Waals surface area contributed by atoms with Gasteiger partial charge in [-0.1, -0.05) is 33.8 Å². The van der Waals surface area contributed by atoms with Crippen molar-refractivity contribution < 1.29 is 9.53 Å². The van der Waals surface area contributed by atoms with E-state index in [1.165, 1.54) is 6.08 Å². The standard InChI is InChI=1S/C12H20O2/c1-9(12(2,3)4)8-10-6-5-7-11(13)14-10/h5,7,9-10H,6,8H2,1-4H3. The first-order chi connectivity index (χ1) is 6.39. The van der Waals surface area contributed by atoms with Gasteiger partial charge in [-0.15, -0.1) is 0 Å². The molecule has 2 unspecified atom stereocenters. The number of esters is 1. The Morgan fingerprint density at radius 2 is 2.21 bits per heavy atom. The first-order valence-corrected chi connectivity index (χ1v) is 5.26. The number of hydrogen-bond donors (Lipinski definition) is 0. The number of cyclic esters (lactones) is 1. The van der Waals surface area contributed by atoms with Crippen molar-refractivity contribution in [3.8, 4) is 0 Å². The number of carbonyl (C=O) groups is 1. The maximum absolute atomic E-state index is 11.0. The van der Waals surface area contributed by atoms with Gasteiger partial charge in [-0.25, -0.2) is 4.79 Å². The normalized spacial score (nSPS) is 24.6. The van der Waals surface area contributed by atoms with Gasteiger partial charge < -0.3 is 4.74 Å². The topological polar surface area (TPSA) is 26.3 Å². The second kappa shape index (κ2) is 4.16. The third-order valence-corrected chi connectivity index (χ3v) is 3.03. The Morgan fingerprint density at radius 1 is 1.57 bits per heavy atom. The fraction of sp³-hybridized carbons (Fsp3) is 0.750. The Labute approximate surface area is 86.3 Å². The molecule has 0 saturated carbocycles. The molecule has 0 spiro atoms. The minimum Gasteiger partial charge on any atom is -0.459 e. The van der Waals surface area contributed by atoms with Crippen LogP contribution in [-0.2, 0) is 9.53 Å². The molecule has 0 aromatic carbocycles. The van der Waals surface area contributed by atoms with Crippen LogP contribution in [0.25, 0.3) is 0 Å². The minimum absolute atomic E-state index is 0.0849. The van der Waals surface area contributed by atoms with E-state index in [1.807, 2.05) is 6.08 Å². The quantitative estimate of drug-likeness (QED) is 0.635. The van der Waals surface area contributed by atoms with Crippen molar-refractivity contribution >= 4 is 5.97 Å². The molecule has 0 radical (unpaired) electrons. The summed E-state index contributed by atoms with van der Waals surface area (Å²) in [7, 11) is 0. The summed E-state index contributed by atoms with van der Waals surface area (Å²) in [5.41, 5.74) is 0.285. The highest BCUT2D eigenvalue weighted by atomic mass is 16.5.